The molecule has 1 aromatic carbocycles. The van der Waals surface area contributed by atoms with E-state index in [1.54, 1.807) is 0 Å². The Morgan fingerprint density at radius 3 is 2.65 bits per heavy atom. The number of hydrogen-bond donors (Lipinski definition) is 1. The van der Waals surface area contributed by atoms with Crippen LogP contribution in [-0.2, 0) is 10.0 Å². The molecule has 1 heterocycles. The van der Waals surface area contributed by atoms with E-state index in [9.17, 15) is 17.2 Å². The molecule has 1 aliphatic heterocycles. The normalized spacial score (nSPS) is 20.8. The molecule has 4 nitrogen and oxygen atoms in total. The van der Waals surface area contributed by atoms with Gasteiger partial charge < -0.3 is 5.73 Å². The molecule has 0 spiro atoms. The number of hydrogen-bond acceptors (Lipinski definition) is 3. The van der Waals surface area contributed by atoms with E-state index < -0.39 is 32.6 Å². The van der Waals surface area contributed by atoms with Gasteiger partial charge in [0.05, 0.1) is 11.0 Å². The van der Waals surface area contributed by atoms with Crippen LogP contribution in [0.25, 0.3) is 0 Å². The number of thiocarbonyl (C=S) groups is 1. The van der Waals surface area contributed by atoms with Crippen molar-refractivity contribution in [2.45, 2.75) is 30.2 Å². The summed E-state index contributed by atoms with van der Waals surface area (Å²) in [4.78, 5) is -0.488. The highest BCUT2D eigenvalue weighted by molar-refractivity contribution is 7.89. The zero-order valence-corrected chi connectivity index (χ0v) is 12.2. The van der Waals surface area contributed by atoms with Gasteiger partial charge in [0.25, 0.3) is 0 Å². The molecular formula is C12H14F2N2O2S2. The second kappa shape index (κ2) is 5.71. The SMILES string of the molecule is NC(=S)C1CCCCN1S(=O)(=O)c1ccc(F)cc1F. The standard InChI is InChI=1S/C12H14F2N2O2S2/c13-8-4-5-11(9(14)7-8)20(17,18)16-6-2-1-3-10(16)12(15)19/h4-5,7,10H,1-3,6H2,(H2,15,19). The van der Waals surface area contributed by atoms with Crippen molar-refractivity contribution in [3.05, 3.63) is 29.8 Å². The van der Waals surface area contributed by atoms with Crippen LogP contribution in [0.15, 0.2) is 23.1 Å². The third kappa shape index (κ3) is 2.82. The number of sulfonamides is 1. The molecule has 2 N–H and O–H groups in total. The number of benzene rings is 1. The van der Waals surface area contributed by atoms with Gasteiger partial charge in [0.1, 0.15) is 16.5 Å². The molecule has 0 radical (unpaired) electrons. The minimum absolute atomic E-state index is 0.0656. The molecule has 1 aromatic rings. The Bertz CT molecular complexity index is 634. The first-order valence-corrected chi connectivity index (χ1v) is 7.95. The second-order valence-corrected chi connectivity index (χ2v) is 6.93. The van der Waals surface area contributed by atoms with E-state index >= 15 is 0 Å². The molecule has 110 valence electrons. The number of rotatable bonds is 3. The second-order valence-electron chi connectivity index (χ2n) is 4.60. The van der Waals surface area contributed by atoms with Crippen molar-refractivity contribution in [2.24, 2.45) is 5.73 Å². The fourth-order valence-corrected chi connectivity index (χ4v) is 4.32. The van der Waals surface area contributed by atoms with Crippen molar-refractivity contribution in [3.8, 4) is 0 Å². The lowest BCUT2D eigenvalue weighted by Gasteiger charge is -2.33. The van der Waals surface area contributed by atoms with Crippen LogP contribution in [0.3, 0.4) is 0 Å². The van der Waals surface area contributed by atoms with E-state index in [2.05, 4.69) is 0 Å². The van der Waals surface area contributed by atoms with Crippen molar-refractivity contribution in [2.75, 3.05) is 6.54 Å². The van der Waals surface area contributed by atoms with Crippen LogP contribution >= 0.6 is 12.2 Å². The van der Waals surface area contributed by atoms with E-state index in [1.807, 2.05) is 0 Å². The van der Waals surface area contributed by atoms with Gasteiger partial charge in [-0.3, -0.25) is 0 Å². The minimum atomic E-state index is -4.08. The molecule has 0 amide bonds. The Morgan fingerprint density at radius 1 is 1.35 bits per heavy atom. The summed E-state index contributed by atoms with van der Waals surface area (Å²) in [5.74, 6) is -1.94. The van der Waals surface area contributed by atoms with Gasteiger partial charge in [-0.05, 0) is 25.0 Å². The monoisotopic (exact) mass is 320 g/mol. The zero-order chi connectivity index (χ0) is 14.9. The van der Waals surface area contributed by atoms with E-state index in [-0.39, 0.29) is 11.5 Å². The molecule has 0 aliphatic carbocycles. The fraction of sp³-hybridized carbons (Fsp3) is 0.417. The van der Waals surface area contributed by atoms with Crippen LogP contribution in [0.1, 0.15) is 19.3 Å². The van der Waals surface area contributed by atoms with Gasteiger partial charge in [-0.1, -0.05) is 18.6 Å². The van der Waals surface area contributed by atoms with Crippen LogP contribution in [0.4, 0.5) is 8.78 Å². The van der Waals surface area contributed by atoms with E-state index in [0.717, 1.165) is 22.9 Å². The summed E-state index contributed by atoms with van der Waals surface area (Å²) in [6.07, 6.45) is 1.97. The van der Waals surface area contributed by atoms with Crippen LogP contribution in [0.2, 0.25) is 0 Å². The van der Waals surface area contributed by atoms with Gasteiger partial charge >= 0.3 is 0 Å². The molecule has 1 unspecified atom stereocenters. The van der Waals surface area contributed by atoms with Gasteiger partial charge in [-0.15, -0.1) is 0 Å². The lowest BCUT2D eigenvalue weighted by molar-refractivity contribution is 0.305. The molecule has 1 aliphatic rings. The lowest BCUT2D eigenvalue weighted by atomic mass is 10.1. The summed E-state index contributed by atoms with van der Waals surface area (Å²) >= 11 is 4.88. The molecule has 1 saturated heterocycles. The maximum Gasteiger partial charge on any atom is 0.246 e. The molecule has 8 heteroatoms. The predicted molar refractivity (Wildman–Crippen MR) is 74.7 cm³/mol. The van der Waals surface area contributed by atoms with Crippen molar-refractivity contribution in [3.63, 3.8) is 0 Å². The van der Waals surface area contributed by atoms with Crippen molar-refractivity contribution in [1.29, 1.82) is 0 Å². The third-order valence-electron chi connectivity index (χ3n) is 3.26. The maximum absolute atomic E-state index is 13.7. The van der Waals surface area contributed by atoms with Crippen LogP contribution in [-0.4, -0.2) is 30.3 Å². The Kier molecular flexibility index (Phi) is 4.36. The maximum atomic E-state index is 13.7. The first-order chi connectivity index (χ1) is 9.34. The largest absolute Gasteiger partial charge is 0.392 e. The van der Waals surface area contributed by atoms with Gasteiger partial charge in [0, 0.05) is 12.6 Å². The summed E-state index contributed by atoms with van der Waals surface area (Å²) < 4.78 is 52.7. The Balaban J connectivity index is 2.45. The zero-order valence-electron chi connectivity index (χ0n) is 10.6. The smallest absolute Gasteiger partial charge is 0.246 e. The number of piperidine rings is 1. The molecule has 0 saturated carbocycles. The summed E-state index contributed by atoms with van der Waals surface area (Å²) in [6.45, 7) is 0.223. The molecule has 1 fully saturated rings. The third-order valence-corrected chi connectivity index (χ3v) is 5.48. The number of halogens is 2. The topological polar surface area (TPSA) is 63.4 Å². The average molecular weight is 320 g/mol. The van der Waals surface area contributed by atoms with Crippen molar-refractivity contribution < 1.29 is 17.2 Å². The van der Waals surface area contributed by atoms with Crippen LogP contribution in [0, 0.1) is 11.6 Å². The van der Waals surface area contributed by atoms with E-state index in [4.69, 9.17) is 18.0 Å². The summed E-state index contributed by atoms with van der Waals surface area (Å²) in [6, 6.07) is 1.77. The molecule has 0 bridgehead atoms. The minimum Gasteiger partial charge on any atom is -0.392 e. The van der Waals surface area contributed by atoms with E-state index in [1.165, 1.54) is 0 Å². The quantitative estimate of drug-likeness (QED) is 0.863. The summed E-state index contributed by atoms with van der Waals surface area (Å²) in [5.41, 5.74) is 5.57. The molecule has 0 aromatic heterocycles. The van der Waals surface area contributed by atoms with Gasteiger partial charge in [0.2, 0.25) is 10.0 Å². The molecular weight excluding hydrogens is 306 g/mol. The van der Waals surface area contributed by atoms with Gasteiger partial charge in [0.15, 0.2) is 0 Å². The molecule has 20 heavy (non-hydrogen) atoms. The highest BCUT2D eigenvalue weighted by Crippen LogP contribution is 2.27. The van der Waals surface area contributed by atoms with E-state index in [0.29, 0.717) is 18.9 Å². The molecule has 1 atom stereocenters. The van der Waals surface area contributed by atoms with Crippen molar-refractivity contribution in [1.82, 2.24) is 4.31 Å². The average Bonchev–Trinajstić information content (AvgIpc) is 2.38. The Labute approximate surface area is 121 Å². The number of nitrogens with zero attached hydrogens (tertiary/aromatic N) is 1. The Morgan fingerprint density at radius 2 is 2.05 bits per heavy atom. The van der Waals surface area contributed by atoms with Crippen molar-refractivity contribution >= 4 is 27.2 Å². The van der Waals surface area contributed by atoms with Crippen LogP contribution in [0.5, 0.6) is 0 Å². The summed E-state index contributed by atoms with van der Waals surface area (Å²) in [5, 5.41) is 0. The Hall–Kier alpha value is -1.12. The fourth-order valence-electron chi connectivity index (χ4n) is 2.29. The lowest BCUT2D eigenvalue weighted by Crippen LogP contribution is -2.49. The summed E-state index contributed by atoms with van der Waals surface area (Å²) in [7, 11) is -4.08. The highest BCUT2D eigenvalue weighted by Gasteiger charge is 2.36. The highest BCUT2D eigenvalue weighted by atomic mass is 32.2. The number of nitrogens with two attached hydrogens (primary N) is 1. The van der Waals surface area contributed by atoms with Crippen LogP contribution < -0.4 is 5.73 Å². The predicted octanol–water partition coefficient (Wildman–Crippen LogP) is 1.79. The van der Waals surface area contributed by atoms with Gasteiger partial charge in [-0.2, -0.15) is 4.31 Å². The first-order valence-electron chi connectivity index (χ1n) is 6.10. The first kappa shape index (κ1) is 15.3. The van der Waals surface area contributed by atoms with Gasteiger partial charge in [-0.25, -0.2) is 17.2 Å². The molecule has 2 rings (SSSR count).